The van der Waals surface area contributed by atoms with Crippen LogP contribution in [0.2, 0.25) is 0 Å². The lowest BCUT2D eigenvalue weighted by atomic mass is 9.76. The van der Waals surface area contributed by atoms with Gasteiger partial charge in [0.05, 0.1) is 0 Å². The van der Waals surface area contributed by atoms with Crippen molar-refractivity contribution in [3.05, 3.63) is 0 Å². The summed E-state index contributed by atoms with van der Waals surface area (Å²) in [5.41, 5.74) is 1.48. The Morgan fingerprint density at radius 2 is 1.90 bits per heavy atom. The molecule has 2 saturated carbocycles. The molecule has 0 spiro atoms. The molecular formula is C10H18. The van der Waals surface area contributed by atoms with Crippen molar-refractivity contribution in [1.82, 2.24) is 0 Å². The number of hydrogen-bond donors (Lipinski definition) is 0. The molecule has 3 atom stereocenters. The third kappa shape index (κ3) is 0.681. The Labute approximate surface area is 64.0 Å². The lowest BCUT2D eigenvalue weighted by Crippen LogP contribution is -2.19. The Bertz CT molecular complexity index is 161. The highest BCUT2D eigenvalue weighted by Crippen LogP contribution is 2.63. The molecule has 0 saturated heterocycles. The Balaban J connectivity index is 2.28. The first-order chi connectivity index (χ1) is 4.54. The first kappa shape index (κ1) is 6.69. The summed E-state index contributed by atoms with van der Waals surface area (Å²) in [6.45, 7) is 7.39. The van der Waals surface area contributed by atoms with E-state index in [0.717, 1.165) is 16.7 Å². The van der Waals surface area contributed by atoms with Gasteiger partial charge in [-0.3, -0.25) is 0 Å². The van der Waals surface area contributed by atoms with Crippen molar-refractivity contribution in [2.24, 2.45) is 16.7 Å². The van der Waals surface area contributed by atoms with Crippen LogP contribution in [0.3, 0.4) is 0 Å². The van der Waals surface area contributed by atoms with Crippen LogP contribution in [0, 0.1) is 16.7 Å². The van der Waals surface area contributed by atoms with Gasteiger partial charge in [-0.25, -0.2) is 0 Å². The first-order valence-corrected chi connectivity index (χ1v) is 4.54. The highest BCUT2D eigenvalue weighted by molar-refractivity contribution is 5.03. The SMILES string of the molecule is C[C@@H]1C[C@]2(C)CC[C@]1(C)C2. The van der Waals surface area contributed by atoms with Gasteiger partial charge >= 0.3 is 0 Å². The zero-order chi connectivity index (χ0) is 7.41. The van der Waals surface area contributed by atoms with E-state index < -0.39 is 0 Å². The van der Waals surface area contributed by atoms with Crippen LogP contribution in [0.15, 0.2) is 0 Å². The summed E-state index contributed by atoms with van der Waals surface area (Å²) in [4.78, 5) is 0. The van der Waals surface area contributed by atoms with Gasteiger partial charge in [-0.1, -0.05) is 20.8 Å². The van der Waals surface area contributed by atoms with E-state index in [-0.39, 0.29) is 0 Å². The number of hydrogen-bond acceptors (Lipinski definition) is 0. The number of fused-ring (bicyclic) bond motifs is 2. The van der Waals surface area contributed by atoms with E-state index in [4.69, 9.17) is 0 Å². The highest BCUT2D eigenvalue weighted by Gasteiger charge is 2.52. The van der Waals surface area contributed by atoms with Gasteiger partial charge in [0.25, 0.3) is 0 Å². The van der Waals surface area contributed by atoms with Crippen molar-refractivity contribution in [2.45, 2.75) is 46.5 Å². The average molecular weight is 138 g/mol. The molecule has 0 heteroatoms. The molecule has 0 aromatic heterocycles. The Morgan fingerprint density at radius 1 is 1.20 bits per heavy atom. The van der Waals surface area contributed by atoms with Crippen molar-refractivity contribution in [2.75, 3.05) is 0 Å². The van der Waals surface area contributed by atoms with E-state index in [1.807, 2.05) is 0 Å². The molecule has 0 aromatic carbocycles. The smallest absolute Gasteiger partial charge is 0.0295 e. The van der Waals surface area contributed by atoms with Crippen LogP contribution in [0.1, 0.15) is 46.5 Å². The van der Waals surface area contributed by atoms with E-state index in [1.54, 1.807) is 0 Å². The summed E-state index contributed by atoms with van der Waals surface area (Å²) in [5, 5.41) is 0. The third-order valence-electron chi connectivity index (χ3n) is 4.12. The molecular weight excluding hydrogens is 120 g/mol. The summed E-state index contributed by atoms with van der Waals surface area (Å²) < 4.78 is 0. The van der Waals surface area contributed by atoms with E-state index in [2.05, 4.69) is 20.8 Å². The quantitative estimate of drug-likeness (QED) is 0.482. The minimum absolute atomic E-state index is 0.731. The first-order valence-electron chi connectivity index (χ1n) is 4.54. The fraction of sp³-hybridized carbons (Fsp3) is 1.00. The predicted molar refractivity (Wildman–Crippen MR) is 43.8 cm³/mol. The summed E-state index contributed by atoms with van der Waals surface area (Å²) >= 11 is 0. The fourth-order valence-corrected chi connectivity index (χ4v) is 3.32. The molecule has 0 aromatic rings. The molecule has 0 N–H and O–H groups in total. The summed E-state index contributed by atoms with van der Waals surface area (Å²) in [6.07, 6.45) is 5.98. The van der Waals surface area contributed by atoms with Crippen LogP contribution in [0.5, 0.6) is 0 Å². The van der Waals surface area contributed by atoms with Crippen LogP contribution in [-0.4, -0.2) is 0 Å². The van der Waals surface area contributed by atoms with Crippen molar-refractivity contribution in [1.29, 1.82) is 0 Å². The third-order valence-corrected chi connectivity index (χ3v) is 4.12. The van der Waals surface area contributed by atoms with Crippen molar-refractivity contribution in [3.8, 4) is 0 Å². The largest absolute Gasteiger partial charge is 0.0620 e. The molecule has 2 aliphatic rings. The van der Waals surface area contributed by atoms with Crippen LogP contribution in [0.25, 0.3) is 0 Å². The van der Waals surface area contributed by atoms with Gasteiger partial charge in [0.1, 0.15) is 0 Å². The Hall–Kier alpha value is 0. The van der Waals surface area contributed by atoms with E-state index in [0.29, 0.717) is 0 Å². The molecule has 0 unspecified atom stereocenters. The standard InChI is InChI=1S/C10H18/c1-8-6-9(2)4-5-10(8,3)7-9/h8H,4-7H2,1-3H3/t8-,9+,10-/m1/s1. The van der Waals surface area contributed by atoms with E-state index in [9.17, 15) is 0 Å². The van der Waals surface area contributed by atoms with E-state index >= 15 is 0 Å². The second-order valence-electron chi connectivity index (χ2n) is 5.25. The summed E-state index contributed by atoms with van der Waals surface area (Å²) in [7, 11) is 0. The van der Waals surface area contributed by atoms with Gasteiger partial charge in [-0.05, 0) is 42.4 Å². The van der Waals surface area contributed by atoms with Gasteiger partial charge in [0.2, 0.25) is 0 Å². The molecule has 0 heterocycles. The molecule has 2 aliphatic carbocycles. The number of rotatable bonds is 0. The normalized spacial score (nSPS) is 59.7. The summed E-state index contributed by atoms with van der Waals surface area (Å²) in [5.74, 6) is 0.992. The minimum atomic E-state index is 0.731. The molecule has 0 amide bonds. The summed E-state index contributed by atoms with van der Waals surface area (Å²) in [6, 6.07) is 0. The molecule has 0 radical (unpaired) electrons. The molecule has 58 valence electrons. The lowest BCUT2D eigenvalue weighted by Gasteiger charge is -2.29. The minimum Gasteiger partial charge on any atom is -0.0620 e. The molecule has 2 fully saturated rings. The van der Waals surface area contributed by atoms with Crippen molar-refractivity contribution >= 4 is 0 Å². The maximum atomic E-state index is 2.48. The zero-order valence-electron chi connectivity index (χ0n) is 7.41. The molecule has 0 aliphatic heterocycles. The van der Waals surface area contributed by atoms with Gasteiger partial charge in [-0.15, -0.1) is 0 Å². The van der Waals surface area contributed by atoms with Gasteiger partial charge in [-0.2, -0.15) is 0 Å². The van der Waals surface area contributed by atoms with Gasteiger partial charge in [0.15, 0.2) is 0 Å². The van der Waals surface area contributed by atoms with Gasteiger partial charge in [0, 0.05) is 0 Å². The maximum Gasteiger partial charge on any atom is -0.0295 e. The molecule has 2 bridgehead atoms. The molecule has 0 nitrogen and oxygen atoms in total. The maximum absolute atomic E-state index is 2.48. The fourth-order valence-electron chi connectivity index (χ4n) is 3.32. The topological polar surface area (TPSA) is 0 Å². The van der Waals surface area contributed by atoms with Crippen LogP contribution in [0.4, 0.5) is 0 Å². The zero-order valence-corrected chi connectivity index (χ0v) is 7.41. The van der Waals surface area contributed by atoms with Crippen molar-refractivity contribution < 1.29 is 0 Å². The van der Waals surface area contributed by atoms with Crippen LogP contribution >= 0.6 is 0 Å². The monoisotopic (exact) mass is 138 g/mol. The van der Waals surface area contributed by atoms with Crippen molar-refractivity contribution in [3.63, 3.8) is 0 Å². The second-order valence-corrected chi connectivity index (χ2v) is 5.25. The molecule has 2 rings (SSSR count). The Morgan fingerprint density at radius 3 is 2.10 bits per heavy atom. The van der Waals surface area contributed by atoms with Crippen LogP contribution < -0.4 is 0 Å². The Kier molecular flexibility index (Phi) is 1.07. The predicted octanol–water partition coefficient (Wildman–Crippen LogP) is 3.22. The lowest BCUT2D eigenvalue weighted by molar-refractivity contribution is 0.214. The van der Waals surface area contributed by atoms with E-state index in [1.165, 1.54) is 25.7 Å². The van der Waals surface area contributed by atoms with Crippen LogP contribution in [-0.2, 0) is 0 Å². The average Bonchev–Trinajstić information content (AvgIpc) is 2.17. The van der Waals surface area contributed by atoms with Gasteiger partial charge < -0.3 is 0 Å². The molecule has 10 heavy (non-hydrogen) atoms. The highest BCUT2D eigenvalue weighted by atomic mass is 14.6. The second kappa shape index (κ2) is 1.60.